The molecular formula is C11H13F3. The van der Waals surface area contributed by atoms with E-state index in [1.165, 1.54) is 6.92 Å². The molecule has 1 rings (SSSR count). The summed E-state index contributed by atoms with van der Waals surface area (Å²) in [6, 6.07) is 2.04. The van der Waals surface area contributed by atoms with Crippen molar-refractivity contribution in [2.45, 2.75) is 20.8 Å². The van der Waals surface area contributed by atoms with Crippen molar-refractivity contribution in [3.05, 3.63) is 41.7 Å². The maximum atomic E-state index is 12.8. The van der Waals surface area contributed by atoms with E-state index in [1.807, 2.05) is 13.8 Å². The van der Waals surface area contributed by atoms with Gasteiger partial charge in [-0.05, 0) is 24.6 Å². The minimum atomic E-state index is -1.45. The molecule has 0 saturated carbocycles. The zero-order chi connectivity index (χ0) is 11.3. The molecule has 0 bridgehead atoms. The predicted octanol–water partition coefficient (Wildman–Crippen LogP) is 4.16. The summed E-state index contributed by atoms with van der Waals surface area (Å²) < 4.78 is 37.8. The Morgan fingerprint density at radius 2 is 1.57 bits per heavy atom. The van der Waals surface area contributed by atoms with Crippen molar-refractivity contribution in [2.75, 3.05) is 0 Å². The summed E-state index contributed by atoms with van der Waals surface area (Å²) in [5, 5.41) is 0. The zero-order valence-electron chi connectivity index (χ0n) is 8.50. The third-order valence-electron chi connectivity index (χ3n) is 1.49. The average molecular weight is 202 g/mol. The highest BCUT2D eigenvalue weighted by molar-refractivity contribution is 5.61. The standard InChI is InChI=1S/C9H7F3.C2H6/c1-5(2)6-3-4-7(10)9(12)8(6)11;1-2/h3-4H,1H2,2H3;1-2H3. The Balaban J connectivity index is 0.000000791. The van der Waals surface area contributed by atoms with Gasteiger partial charge in [0.05, 0.1) is 0 Å². The van der Waals surface area contributed by atoms with E-state index in [9.17, 15) is 13.2 Å². The summed E-state index contributed by atoms with van der Waals surface area (Å²) in [6.07, 6.45) is 0. The summed E-state index contributed by atoms with van der Waals surface area (Å²) in [5.41, 5.74) is 0.375. The Hall–Kier alpha value is -1.25. The first kappa shape index (κ1) is 12.8. The van der Waals surface area contributed by atoms with Crippen molar-refractivity contribution in [3.63, 3.8) is 0 Å². The van der Waals surface area contributed by atoms with E-state index in [-0.39, 0.29) is 5.56 Å². The van der Waals surface area contributed by atoms with Crippen LogP contribution in [0.3, 0.4) is 0 Å². The van der Waals surface area contributed by atoms with Crippen LogP contribution in [-0.4, -0.2) is 0 Å². The van der Waals surface area contributed by atoms with Gasteiger partial charge < -0.3 is 0 Å². The second-order valence-corrected chi connectivity index (χ2v) is 2.50. The normalized spacial score (nSPS) is 9.00. The minimum absolute atomic E-state index is 0.00824. The Kier molecular flexibility index (Phi) is 4.99. The monoisotopic (exact) mass is 202 g/mol. The van der Waals surface area contributed by atoms with Crippen molar-refractivity contribution < 1.29 is 13.2 Å². The van der Waals surface area contributed by atoms with E-state index < -0.39 is 17.5 Å². The van der Waals surface area contributed by atoms with Gasteiger partial charge in [0.15, 0.2) is 17.5 Å². The van der Waals surface area contributed by atoms with Gasteiger partial charge in [0.2, 0.25) is 0 Å². The van der Waals surface area contributed by atoms with Crippen LogP contribution in [-0.2, 0) is 0 Å². The summed E-state index contributed by atoms with van der Waals surface area (Å²) in [4.78, 5) is 0. The molecule has 3 heteroatoms. The van der Waals surface area contributed by atoms with E-state index >= 15 is 0 Å². The summed E-state index contributed by atoms with van der Waals surface area (Å²) >= 11 is 0. The highest BCUT2D eigenvalue weighted by Gasteiger charge is 2.12. The molecule has 0 aliphatic rings. The van der Waals surface area contributed by atoms with Gasteiger partial charge >= 0.3 is 0 Å². The Labute approximate surface area is 82.1 Å². The maximum absolute atomic E-state index is 12.8. The van der Waals surface area contributed by atoms with E-state index in [4.69, 9.17) is 0 Å². The van der Waals surface area contributed by atoms with Gasteiger partial charge in [-0.3, -0.25) is 0 Å². The lowest BCUT2D eigenvalue weighted by Gasteiger charge is -2.02. The number of benzene rings is 1. The molecule has 78 valence electrons. The van der Waals surface area contributed by atoms with Crippen LogP contribution in [0.25, 0.3) is 5.57 Å². The fourth-order valence-electron chi connectivity index (χ4n) is 0.856. The molecule has 0 saturated heterocycles. The molecule has 0 nitrogen and oxygen atoms in total. The number of hydrogen-bond acceptors (Lipinski definition) is 0. The third kappa shape index (κ3) is 2.62. The topological polar surface area (TPSA) is 0 Å². The van der Waals surface area contributed by atoms with Gasteiger partial charge in [-0.25, -0.2) is 13.2 Å². The molecule has 0 amide bonds. The van der Waals surface area contributed by atoms with Crippen molar-refractivity contribution in [1.82, 2.24) is 0 Å². The summed E-state index contributed by atoms with van der Waals surface area (Å²) in [5.74, 6) is -3.81. The quantitative estimate of drug-likeness (QED) is 0.600. The first-order valence-electron chi connectivity index (χ1n) is 4.33. The highest BCUT2D eigenvalue weighted by Crippen LogP contribution is 2.20. The smallest absolute Gasteiger partial charge is 0.195 e. The maximum Gasteiger partial charge on any atom is 0.195 e. The third-order valence-corrected chi connectivity index (χ3v) is 1.49. The highest BCUT2D eigenvalue weighted by atomic mass is 19.2. The van der Waals surface area contributed by atoms with Gasteiger partial charge in [-0.15, -0.1) is 0 Å². The first-order valence-corrected chi connectivity index (χ1v) is 4.33. The molecule has 0 aromatic heterocycles. The van der Waals surface area contributed by atoms with Crippen LogP contribution < -0.4 is 0 Å². The van der Waals surface area contributed by atoms with E-state index in [2.05, 4.69) is 6.58 Å². The first-order chi connectivity index (χ1) is 6.54. The Bertz CT molecular complexity index is 330. The molecule has 0 fully saturated rings. The zero-order valence-corrected chi connectivity index (χ0v) is 8.50. The van der Waals surface area contributed by atoms with E-state index in [0.717, 1.165) is 12.1 Å². The molecule has 14 heavy (non-hydrogen) atoms. The van der Waals surface area contributed by atoms with Gasteiger partial charge in [-0.1, -0.05) is 20.4 Å². The number of allylic oxidation sites excluding steroid dienone is 1. The molecule has 0 N–H and O–H groups in total. The second-order valence-electron chi connectivity index (χ2n) is 2.50. The fourth-order valence-corrected chi connectivity index (χ4v) is 0.856. The molecule has 0 unspecified atom stereocenters. The number of halogens is 3. The molecule has 1 aromatic rings. The van der Waals surface area contributed by atoms with Crippen LogP contribution >= 0.6 is 0 Å². The SMILES string of the molecule is C=C(C)c1ccc(F)c(F)c1F.CC. The van der Waals surface area contributed by atoms with Crippen LogP contribution in [0.2, 0.25) is 0 Å². The van der Waals surface area contributed by atoms with Crippen LogP contribution in [0.15, 0.2) is 18.7 Å². The molecule has 0 spiro atoms. The average Bonchev–Trinajstić information content (AvgIpc) is 2.17. The van der Waals surface area contributed by atoms with Gasteiger partial charge in [0.25, 0.3) is 0 Å². The minimum Gasteiger partial charge on any atom is -0.204 e. The van der Waals surface area contributed by atoms with Crippen LogP contribution in [0.5, 0.6) is 0 Å². The fraction of sp³-hybridized carbons (Fsp3) is 0.273. The van der Waals surface area contributed by atoms with Gasteiger partial charge in [0.1, 0.15) is 0 Å². The Morgan fingerprint density at radius 1 is 1.07 bits per heavy atom. The summed E-state index contributed by atoms with van der Waals surface area (Å²) in [6.45, 7) is 8.95. The van der Waals surface area contributed by atoms with Crippen LogP contribution in [0.4, 0.5) is 13.2 Å². The summed E-state index contributed by atoms with van der Waals surface area (Å²) in [7, 11) is 0. The lowest BCUT2D eigenvalue weighted by molar-refractivity contribution is 0.445. The molecular weight excluding hydrogens is 189 g/mol. The lowest BCUT2D eigenvalue weighted by atomic mass is 10.1. The van der Waals surface area contributed by atoms with Crippen molar-refractivity contribution in [1.29, 1.82) is 0 Å². The number of rotatable bonds is 1. The lowest BCUT2D eigenvalue weighted by Crippen LogP contribution is -1.94. The van der Waals surface area contributed by atoms with E-state index in [0.29, 0.717) is 5.57 Å². The molecule has 1 aromatic carbocycles. The van der Waals surface area contributed by atoms with E-state index in [1.54, 1.807) is 0 Å². The molecule has 0 aliphatic carbocycles. The largest absolute Gasteiger partial charge is 0.204 e. The van der Waals surface area contributed by atoms with Crippen molar-refractivity contribution >= 4 is 5.57 Å². The molecule has 0 aliphatic heterocycles. The Morgan fingerprint density at radius 3 is 2.00 bits per heavy atom. The van der Waals surface area contributed by atoms with Crippen molar-refractivity contribution in [2.24, 2.45) is 0 Å². The van der Waals surface area contributed by atoms with Crippen molar-refractivity contribution in [3.8, 4) is 0 Å². The van der Waals surface area contributed by atoms with Crippen LogP contribution in [0, 0.1) is 17.5 Å². The predicted molar refractivity (Wildman–Crippen MR) is 52.4 cm³/mol. The second kappa shape index (κ2) is 5.47. The molecule has 0 heterocycles. The molecule has 0 radical (unpaired) electrons. The molecule has 0 atom stereocenters. The van der Waals surface area contributed by atoms with Gasteiger partial charge in [0, 0.05) is 5.56 Å². The number of hydrogen-bond donors (Lipinski definition) is 0. The van der Waals surface area contributed by atoms with Gasteiger partial charge in [-0.2, -0.15) is 0 Å². The van der Waals surface area contributed by atoms with Crippen LogP contribution in [0.1, 0.15) is 26.3 Å².